The Kier molecular flexibility index (Phi) is 7.75. The Bertz CT molecular complexity index is 1400. The third kappa shape index (κ3) is 5.21. The first-order valence-corrected chi connectivity index (χ1v) is 14.6. The van der Waals surface area contributed by atoms with E-state index in [1.165, 1.54) is 45.0 Å². The second-order valence-corrected chi connectivity index (χ2v) is 11.7. The molecule has 6 heterocycles. The minimum Gasteiger partial charge on any atom is -0.412 e. The fourth-order valence-electron chi connectivity index (χ4n) is 6.98. The van der Waals surface area contributed by atoms with Crippen LogP contribution in [0.4, 0.5) is 11.6 Å². The molecule has 2 aromatic carbocycles. The van der Waals surface area contributed by atoms with E-state index in [4.69, 9.17) is 0 Å². The van der Waals surface area contributed by atoms with Crippen molar-refractivity contribution in [1.82, 2.24) is 19.8 Å². The van der Waals surface area contributed by atoms with Crippen molar-refractivity contribution < 1.29 is 5.48 Å². The molecule has 212 valence electrons. The quantitative estimate of drug-likeness (QED) is 0.329. The number of rotatable bonds is 0. The molecular weight excluding hydrogens is 508 g/mol. The molecule has 41 heavy (non-hydrogen) atoms. The number of pyridine rings is 2. The van der Waals surface area contributed by atoms with Gasteiger partial charge in [0.15, 0.2) is 0 Å². The summed E-state index contributed by atoms with van der Waals surface area (Å²) in [5.41, 5.74) is 8.54. The average molecular weight is 549 g/mol. The number of hydrogen-bond donors (Lipinski definition) is 0. The predicted octanol–water partition coefficient (Wildman–Crippen LogP) is 4.13. The maximum atomic E-state index is 4.68. The van der Waals surface area contributed by atoms with Crippen molar-refractivity contribution in [1.29, 1.82) is 0 Å². The SMILES string of the molecule is CN1CCN2c3ncccc3Cc3ccccc3C2C1.CN1CCN2c3ncccc3Cc3ccccc3C2C1.O. The highest BCUT2D eigenvalue weighted by Crippen LogP contribution is 2.39. The van der Waals surface area contributed by atoms with Crippen LogP contribution in [0.2, 0.25) is 0 Å². The van der Waals surface area contributed by atoms with E-state index in [1.807, 2.05) is 12.4 Å². The molecule has 0 aliphatic carbocycles. The van der Waals surface area contributed by atoms with Crippen LogP contribution in [0.15, 0.2) is 85.2 Å². The highest BCUT2D eigenvalue weighted by atomic mass is 16.0. The van der Waals surface area contributed by atoms with Gasteiger partial charge in [-0.2, -0.15) is 0 Å². The Morgan fingerprint density at radius 2 is 0.951 bits per heavy atom. The maximum absolute atomic E-state index is 4.68. The van der Waals surface area contributed by atoms with Crippen LogP contribution in [0.25, 0.3) is 0 Å². The van der Waals surface area contributed by atoms with Gasteiger partial charge in [0, 0.05) is 64.5 Å². The third-order valence-electron chi connectivity index (χ3n) is 9.04. The predicted molar refractivity (Wildman–Crippen MR) is 166 cm³/mol. The summed E-state index contributed by atoms with van der Waals surface area (Å²) < 4.78 is 0. The van der Waals surface area contributed by atoms with Crippen LogP contribution in [0, 0.1) is 0 Å². The molecule has 7 heteroatoms. The van der Waals surface area contributed by atoms with Crippen molar-refractivity contribution in [3.8, 4) is 0 Å². The molecule has 4 aliphatic rings. The number of anilines is 2. The lowest BCUT2D eigenvalue weighted by molar-refractivity contribution is 0.268. The zero-order valence-electron chi connectivity index (χ0n) is 24.1. The van der Waals surface area contributed by atoms with Crippen molar-refractivity contribution in [2.45, 2.75) is 24.9 Å². The van der Waals surface area contributed by atoms with Gasteiger partial charge in [-0.05, 0) is 59.6 Å². The second-order valence-electron chi connectivity index (χ2n) is 11.7. The van der Waals surface area contributed by atoms with Gasteiger partial charge in [-0.3, -0.25) is 0 Å². The average Bonchev–Trinajstić information content (AvgIpc) is 3.21. The Labute approximate surface area is 243 Å². The van der Waals surface area contributed by atoms with Crippen molar-refractivity contribution in [3.63, 3.8) is 0 Å². The molecular formula is C34H40N6O. The van der Waals surface area contributed by atoms with E-state index >= 15 is 0 Å². The van der Waals surface area contributed by atoms with E-state index in [2.05, 4.69) is 116 Å². The van der Waals surface area contributed by atoms with E-state index in [9.17, 15) is 0 Å². The molecule has 2 aromatic heterocycles. The van der Waals surface area contributed by atoms with Crippen LogP contribution in [0.5, 0.6) is 0 Å². The number of piperazine rings is 2. The Balaban J connectivity index is 0.000000144. The van der Waals surface area contributed by atoms with Gasteiger partial charge in [0.1, 0.15) is 11.6 Å². The van der Waals surface area contributed by atoms with Crippen LogP contribution < -0.4 is 9.80 Å². The molecule has 8 rings (SSSR count). The van der Waals surface area contributed by atoms with Gasteiger partial charge in [0.25, 0.3) is 0 Å². The highest BCUT2D eigenvalue weighted by molar-refractivity contribution is 5.57. The first-order chi connectivity index (χ1) is 19.7. The molecule has 2 N–H and O–H groups in total. The number of benzene rings is 2. The van der Waals surface area contributed by atoms with Crippen LogP contribution in [0.3, 0.4) is 0 Å². The van der Waals surface area contributed by atoms with Gasteiger partial charge in [0.2, 0.25) is 0 Å². The van der Waals surface area contributed by atoms with Crippen molar-refractivity contribution in [3.05, 3.63) is 119 Å². The molecule has 4 aliphatic heterocycles. The molecule has 0 radical (unpaired) electrons. The van der Waals surface area contributed by atoms with Crippen LogP contribution in [-0.2, 0) is 12.8 Å². The number of hydrogen-bond acceptors (Lipinski definition) is 6. The van der Waals surface area contributed by atoms with E-state index in [0.717, 1.165) is 52.1 Å². The molecule has 0 saturated carbocycles. The van der Waals surface area contributed by atoms with Crippen molar-refractivity contribution >= 4 is 11.6 Å². The van der Waals surface area contributed by atoms with Crippen molar-refractivity contribution in [2.24, 2.45) is 0 Å². The molecule has 2 atom stereocenters. The first kappa shape index (κ1) is 27.4. The zero-order chi connectivity index (χ0) is 27.1. The van der Waals surface area contributed by atoms with E-state index in [-0.39, 0.29) is 5.48 Å². The molecule has 2 saturated heterocycles. The molecule has 2 unspecified atom stereocenters. The number of fused-ring (bicyclic) bond motifs is 10. The third-order valence-corrected chi connectivity index (χ3v) is 9.04. The van der Waals surface area contributed by atoms with E-state index < -0.39 is 0 Å². The largest absolute Gasteiger partial charge is 0.412 e. The number of aromatic nitrogens is 2. The summed E-state index contributed by atoms with van der Waals surface area (Å²) in [6.07, 6.45) is 5.83. The fourth-order valence-corrected chi connectivity index (χ4v) is 6.98. The summed E-state index contributed by atoms with van der Waals surface area (Å²) in [7, 11) is 4.42. The Hall–Kier alpha value is -3.78. The molecule has 0 spiro atoms. The van der Waals surface area contributed by atoms with Gasteiger partial charge in [-0.1, -0.05) is 60.7 Å². The van der Waals surface area contributed by atoms with E-state index in [1.54, 1.807) is 0 Å². The van der Waals surface area contributed by atoms with Crippen LogP contribution in [-0.4, -0.2) is 78.6 Å². The summed E-state index contributed by atoms with van der Waals surface area (Å²) in [5.74, 6) is 2.36. The smallest absolute Gasteiger partial charge is 0.132 e. The second kappa shape index (κ2) is 11.6. The van der Waals surface area contributed by atoms with Gasteiger partial charge < -0.3 is 25.1 Å². The van der Waals surface area contributed by atoms with Crippen molar-refractivity contribution in [2.75, 3.05) is 63.2 Å². The standard InChI is InChI=1S/2C17H19N3.H2O/c2*1-19-9-10-20-16(12-19)15-7-3-2-5-13(15)11-14-6-4-8-18-17(14)20;/h2*2-8,16H,9-12H2,1H3;1H2. The number of likely N-dealkylation sites (N-methyl/N-ethyl adjacent to an activating group) is 2. The lowest BCUT2D eigenvalue weighted by atomic mass is 9.96. The summed E-state index contributed by atoms with van der Waals surface area (Å²) in [4.78, 5) is 19.2. The molecule has 0 amide bonds. The van der Waals surface area contributed by atoms with Crippen LogP contribution in [0.1, 0.15) is 45.5 Å². The fraction of sp³-hybridized carbons (Fsp3) is 0.353. The normalized spacial score (nSPS) is 21.1. The summed E-state index contributed by atoms with van der Waals surface area (Å²) in [6.45, 7) is 6.47. The Morgan fingerprint density at radius 1 is 0.537 bits per heavy atom. The minimum atomic E-state index is 0. The lowest BCUT2D eigenvalue weighted by Gasteiger charge is -2.41. The molecule has 0 bridgehead atoms. The molecule has 7 nitrogen and oxygen atoms in total. The van der Waals surface area contributed by atoms with Crippen LogP contribution >= 0.6 is 0 Å². The van der Waals surface area contributed by atoms with E-state index in [0.29, 0.717) is 12.1 Å². The first-order valence-electron chi connectivity index (χ1n) is 14.6. The van der Waals surface area contributed by atoms with Gasteiger partial charge >= 0.3 is 0 Å². The molecule has 4 aromatic rings. The molecule has 2 fully saturated rings. The van der Waals surface area contributed by atoms with Gasteiger partial charge in [0.05, 0.1) is 12.1 Å². The van der Waals surface area contributed by atoms with Gasteiger partial charge in [-0.15, -0.1) is 0 Å². The topological polar surface area (TPSA) is 70.2 Å². The van der Waals surface area contributed by atoms with Gasteiger partial charge in [-0.25, -0.2) is 9.97 Å². The summed E-state index contributed by atoms with van der Waals surface area (Å²) in [6, 6.07) is 27.2. The summed E-state index contributed by atoms with van der Waals surface area (Å²) >= 11 is 0. The summed E-state index contributed by atoms with van der Waals surface area (Å²) in [5, 5.41) is 0. The lowest BCUT2D eigenvalue weighted by Crippen LogP contribution is -2.47. The minimum absolute atomic E-state index is 0. The monoisotopic (exact) mass is 548 g/mol. The maximum Gasteiger partial charge on any atom is 0.132 e. The zero-order valence-corrected chi connectivity index (χ0v) is 24.1. The Morgan fingerprint density at radius 3 is 1.41 bits per heavy atom. The highest BCUT2D eigenvalue weighted by Gasteiger charge is 2.34. The number of nitrogens with zero attached hydrogens (tertiary/aromatic N) is 6.